The number of hydrogen-bond donors (Lipinski definition) is 3. The molecule has 0 radical (unpaired) electrons. The van der Waals surface area contributed by atoms with Gasteiger partial charge in [0, 0.05) is 9.75 Å². The highest BCUT2D eigenvalue weighted by Crippen LogP contribution is 2.46. The Bertz CT molecular complexity index is 587. The van der Waals surface area contributed by atoms with Crippen molar-refractivity contribution in [3.05, 3.63) is 27.0 Å². The Balaban J connectivity index is 2.02. The predicted molar refractivity (Wildman–Crippen MR) is 77.9 cm³/mol. The second kappa shape index (κ2) is 5.53. The van der Waals surface area contributed by atoms with E-state index in [1.54, 1.807) is 0 Å². The maximum atomic E-state index is 11.7. The molecule has 0 bridgehead atoms. The topological polar surface area (TPSA) is 87.0 Å². The second-order valence-corrected chi connectivity index (χ2v) is 6.86. The van der Waals surface area contributed by atoms with E-state index >= 15 is 0 Å². The molecule has 0 aromatic carbocycles. The lowest BCUT2D eigenvalue weighted by Gasteiger charge is -2.28. The first-order chi connectivity index (χ1) is 10.0. The zero-order valence-electron chi connectivity index (χ0n) is 11.7. The van der Waals surface area contributed by atoms with E-state index < -0.39 is 24.1 Å². The Labute approximate surface area is 126 Å². The van der Waals surface area contributed by atoms with E-state index in [0.29, 0.717) is 16.4 Å². The van der Waals surface area contributed by atoms with Crippen molar-refractivity contribution in [2.45, 2.75) is 44.3 Å². The summed E-state index contributed by atoms with van der Waals surface area (Å²) in [5.74, 6) is -0.888. The fourth-order valence-electron chi connectivity index (χ4n) is 2.83. The molecule has 0 amide bonds. The number of rotatable bonds is 3. The van der Waals surface area contributed by atoms with Gasteiger partial charge in [-0.05, 0) is 49.3 Å². The maximum Gasteiger partial charge on any atom is 0.349 e. The van der Waals surface area contributed by atoms with Crippen molar-refractivity contribution in [1.82, 2.24) is 0 Å². The van der Waals surface area contributed by atoms with Gasteiger partial charge in [0.25, 0.3) is 0 Å². The standard InChI is InChI=1S/C15H18O5S/c1-7-11(5-4-8-2-3-8)21-14-12(7)9(15(18)20-19)6-10(16)13(14)17/h4-5,8-10,13,16-17,19H,2-3,6H2,1H3/t9-,10-,13+/m1/s1. The first-order valence-corrected chi connectivity index (χ1v) is 7.87. The van der Waals surface area contributed by atoms with E-state index in [-0.39, 0.29) is 6.42 Å². The number of carbonyl (C=O) groups is 1. The smallest absolute Gasteiger partial charge is 0.349 e. The van der Waals surface area contributed by atoms with Gasteiger partial charge in [0.15, 0.2) is 0 Å². The molecule has 114 valence electrons. The van der Waals surface area contributed by atoms with Gasteiger partial charge in [0.05, 0.1) is 12.0 Å². The molecule has 0 aliphatic heterocycles. The van der Waals surface area contributed by atoms with Gasteiger partial charge in [-0.3, -0.25) is 0 Å². The van der Waals surface area contributed by atoms with Gasteiger partial charge in [0.2, 0.25) is 0 Å². The SMILES string of the molecule is Cc1c(C=CC2CC2)sc2c1[C@H](C(=O)OO)C[C@@H](O)[C@@H]2O. The molecule has 0 saturated heterocycles. The number of aliphatic hydroxyl groups is 2. The molecule has 3 rings (SSSR count). The van der Waals surface area contributed by atoms with Crippen LogP contribution < -0.4 is 0 Å². The van der Waals surface area contributed by atoms with Crippen molar-refractivity contribution in [3.63, 3.8) is 0 Å². The molecule has 0 unspecified atom stereocenters. The Hall–Kier alpha value is -1.21. The molecule has 1 aromatic heterocycles. The van der Waals surface area contributed by atoms with Crippen molar-refractivity contribution >= 4 is 23.4 Å². The van der Waals surface area contributed by atoms with Gasteiger partial charge in [0.1, 0.15) is 6.10 Å². The van der Waals surface area contributed by atoms with Crippen LogP contribution in [0, 0.1) is 12.8 Å². The molecule has 6 heteroatoms. The molecule has 2 aliphatic rings. The Kier molecular flexibility index (Phi) is 3.88. The van der Waals surface area contributed by atoms with Crippen molar-refractivity contribution in [2.24, 2.45) is 5.92 Å². The summed E-state index contributed by atoms with van der Waals surface area (Å²) in [6.45, 7) is 1.89. The summed E-state index contributed by atoms with van der Waals surface area (Å²) in [4.78, 5) is 17.2. The third-order valence-electron chi connectivity index (χ3n) is 4.23. The highest BCUT2D eigenvalue weighted by atomic mass is 32.1. The van der Waals surface area contributed by atoms with Crippen LogP contribution in [0.25, 0.3) is 6.08 Å². The number of allylic oxidation sites excluding steroid dienone is 1. The fourth-order valence-corrected chi connectivity index (χ4v) is 4.16. The number of thiophene rings is 1. The third kappa shape index (κ3) is 2.64. The van der Waals surface area contributed by atoms with Crippen LogP contribution in [0.15, 0.2) is 6.08 Å². The molecule has 2 aliphatic carbocycles. The van der Waals surface area contributed by atoms with Gasteiger partial charge in [-0.25, -0.2) is 4.79 Å². The van der Waals surface area contributed by atoms with Gasteiger partial charge in [-0.2, -0.15) is 5.26 Å². The molecule has 1 fully saturated rings. The van der Waals surface area contributed by atoms with Crippen molar-refractivity contribution < 1.29 is 25.2 Å². The minimum Gasteiger partial charge on any atom is -0.390 e. The summed E-state index contributed by atoms with van der Waals surface area (Å²) < 4.78 is 0. The molecular formula is C15H18O5S. The Morgan fingerprint density at radius 3 is 2.71 bits per heavy atom. The molecule has 3 N–H and O–H groups in total. The van der Waals surface area contributed by atoms with Crippen molar-refractivity contribution in [1.29, 1.82) is 0 Å². The van der Waals surface area contributed by atoms with Crippen LogP contribution in [-0.2, 0) is 9.68 Å². The average Bonchev–Trinajstić information content (AvgIpc) is 3.24. The molecule has 1 heterocycles. The second-order valence-electron chi connectivity index (χ2n) is 5.78. The summed E-state index contributed by atoms with van der Waals surface area (Å²) in [6, 6.07) is 0. The highest BCUT2D eigenvalue weighted by molar-refractivity contribution is 7.13. The lowest BCUT2D eigenvalue weighted by atomic mass is 9.82. The Morgan fingerprint density at radius 1 is 1.38 bits per heavy atom. The lowest BCUT2D eigenvalue weighted by molar-refractivity contribution is -0.237. The predicted octanol–water partition coefficient (Wildman–Crippen LogP) is 2.38. The molecule has 5 nitrogen and oxygen atoms in total. The third-order valence-corrected chi connectivity index (χ3v) is 5.58. The zero-order chi connectivity index (χ0) is 15.1. The summed E-state index contributed by atoms with van der Waals surface area (Å²) >= 11 is 1.39. The normalized spacial score (nSPS) is 28.7. The van der Waals surface area contributed by atoms with Crippen LogP contribution in [0.4, 0.5) is 0 Å². The van der Waals surface area contributed by atoms with Crippen LogP contribution in [0.2, 0.25) is 0 Å². The summed E-state index contributed by atoms with van der Waals surface area (Å²) in [5.41, 5.74) is 1.60. The zero-order valence-corrected chi connectivity index (χ0v) is 12.5. The van der Waals surface area contributed by atoms with E-state index in [0.717, 1.165) is 10.4 Å². The summed E-state index contributed by atoms with van der Waals surface area (Å²) in [5, 5.41) is 28.7. The minimum absolute atomic E-state index is 0.0525. The van der Waals surface area contributed by atoms with Crippen LogP contribution in [0.5, 0.6) is 0 Å². The lowest BCUT2D eigenvalue weighted by Crippen LogP contribution is -2.31. The minimum atomic E-state index is -1.03. The van der Waals surface area contributed by atoms with Gasteiger partial charge in [-0.1, -0.05) is 6.08 Å². The van der Waals surface area contributed by atoms with Crippen molar-refractivity contribution in [2.75, 3.05) is 0 Å². The van der Waals surface area contributed by atoms with E-state index in [4.69, 9.17) is 5.26 Å². The number of fused-ring (bicyclic) bond motifs is 1. The number of carbonyl (C=O) groups excluding carboxylic acids is 1. The largest absolute Gasteiger partial charge is 0.390 e. The number of aliphatic hydroxyl groups excluding tert-OH is 2. The molecule has 1 saturated carbocycles. The quantitative estimate of drug-likeness (QED) is 0.589. The maximum absolute atomic E-state index is 11.7. The average molecular weight is 310 g/mol. The van der Waals surface area contributed by atoms with E-state index in [9.17, 15) is 15.0 Å². The monoisotopic (exact) mass is 310 g/mol. The number of hydrogen-bond acceptors (Lipinski definition) is 6. The van der Waals surface area contributed by atoms with Crippen LogP contribution in [0.1, 0.15) is 52.2 Å². The summed E-state index contributed by atoms with van der Waals surface area (Å²) in [7, 11) is 0. The fraction of sp³-hybridized carbons (Fsp3) is 0.533. The van der Waals surface area contributed by atoms with E-state index in [2.05, 4.69) is 11.0 Å². The summed E-state index contributed by atoms with van der Waals surface area (Å²) in [6.07, 6.45) is 4.62. The van der Waals surface area contributed by atoms with Crippen molar-refractivity contribution in [3.8, 4) is 0 Å². The molecule has 1 aromatic rings. The highest BCUT2D eigenvalue weighted by Gasteiger charge is 2.40. The van der Waals surface area contributed by atoms with Gasteiger partial charge >= 0.3 is 5.97 Å². The van der Waals surface area contributed by atoms with Crippen LogP contribution >= 0.6 is 11.3 Å². The van der Waals surface area contributed by atoms with E-state index in [1.807, 2.05) is 13.0 Å². The molecular weight excluding hydrogens is 292 g/mol. The molecule has 0 spiro atoms. The first-order valence-electron chi connectivity index (χ1n) is 7.05. The van der Waals surface area contributed by atoms with E-state index in [1.165, 1.54) is 24.2 Å². The first kappa shape index (κ1) is 14.7. The molecule has 3 atom stereocenters. The van der Waals surface area contributed by atoms with Crippen LogP contribution in [-0.4, -0.2) is 27.5 Å². The van der Waals surface area contributed by atoms with Gasteiger partial charge in [-0.15, -0.1) is 11.3 Å². The van der Waals surface area contributed by atoms with Crippen LogP contribution in [0.3, 0.4) is 0 Å². The molecule has 21 heavy (non-hydrogen) atoms. The Morgan fingerprint density at radius 2 is 2.10 bits per heavy atom. The van der Waals surface area contributed by atoms with Gasteiger partial charge < -0.3 is 15.1 Å².